The number of nitrogens with one attached hydrogen (secondary N) is 4. The molecule has 6 aliphatic rings. The number of rotatable bonds is 21. The van der Waals surface area contributed by atoms with Crippen LogP contribution in [0.2, 0.25) is 0 Å². The summed E-state index contributed by atoms with van der Waals surface area (Å²) in [7, 11) is 0. The number of fused-ring (bicyclic) bond motifs is 6. The highest BCUT2D eigenvalue weighted by Gasteiger charge is 2.53. The molecule has 0 bridgehead atoms. The molecule has 2 heterocycles. The smallest absolute Gasteiger partial charge is 0.315 e. The monoisotopic (exact) mass is 774 g/mol. The van der Waals surface area contributed by atoms with Crippen molar-refractivity contribution in [2.24, 2.45) is 35.0 Å². The first-order chi connectivity index (χ1) is 26.2. The quantitative estimate of drug-likeness (QED) is 0.0553. The molecule has 304 valence electrons. The number of unbranched alkanes of at least 4 members (excludes halogenated alkanes) is 1. The summed E-state index contributed by atoms with van der Waals surface area (Å²) in [6, 6.07) is 0.392. The van der Waals surface area contributed by atoms with E-state index in [-0.39, 0.29) is 60.3 Å². The predicted octanol–water partition coefficient (Wildman–Crippen LogP) is 4.90. The van der Waals surface area contributed by atoms with Crippen LogP contribution in [0.3, 0.4) is 0 Å². The fourth-order valence-electron chi connectivity index (χ4n) is 10.6. The second-order valence-electron chi connectivity index (χ2n) is 16.9. The normalized spacial score (nSPS) is 33.7. The Kier molecular flexibility index (Phi) is 15.4. The molecule has 4 N–H and O–H groups in total. The molecule has 2 saturated heterocycles. The van der Waals surface area contributed by atoms with E-state index in [0.717, 1.165) is 73.9 Å². The molecule has 6 rings (SSSR count). The zero-order valence-electron chi connectivity index (χ0n) is 32.7. The van der Waals surface area contributed by atoms with Crippen molar-refractivity contribution in [3.05, 3.63) is 11.6 Å². The average molecular weight is 775 g/mol. The van der Waals surface area contributed by atoms with Gasteiger partial charge in [0.15, 0.2) is 0 Å². The number of ether oxygens (including phenoxy) is 4. The highest BCUT2D eigenvalue weighted by atomic mass is 32.2. The molecular formula is C41H66N4O8S. The highest BCUT2D eigenvalue weighted by Crippen LogP contribution is 2.62. The maximum atomic E-state index is 12.7. The summed E-state index contributed by atoms with van der Waals surface area (Å²) in [5.74, 6) is 4.88. The van der Waals surface area contributed by atoms with Crippen LogP contribution in [0.1, 0.15) is 104 Å². The van der Waals surface area contributed by atoms with E-state index in [4.69, 9.17) is 18.9 Å². The number of carbonyl (C=O) groups excluding carboxylic acids is 4. The number of carbonyl (C=O) groups is 4. The molecule has 0 spiro atoms. The van der Waals surface area contributed by atoms with Gasteiger partial charge in [0, 0.05) is 43.4 Å². The Hall–Kier alpha value is -2.35. The first kappa shape index (κ1) is 41.3. The van der Waals surface area contributed by atoms with Crippen LogP contribution in [0.4, 0.5) is 4.79 Å². The lowest BCUT2D eigenvalue weighted by Gasteiger charge is -2.55. The Morgan fingerprint density at radius 3 is 2.30 bits per heavy atom. The van der Waals surface area contributed by atoms with Crippen molar-refractivity contribution in [3.8, 4) is 0 Å². The Morgan fingerprint density at radius 1 is 0.833 bits per heavy atom. The summed E-state index contributed by atoms with van der Waals surface area (Å²) in [5.41, 5.74) is 1.77. The number of thioether (sulfide) groups is 1. The van der Waals surface area contributed by atoms with Gasteiger partial charge in [-0.2, -0.15) is 11.8 Å². The standard InChI is InChI=1S/C41H66N4O8S/c1-27-7-9-31-30(27)11-12-33-32(31)10-8-28-25-29(15-16-41(28,33)2)53-38(48)14-13-37(47)43-18-20-51-22-24-52-23-21-50-19-17-42-36(46)6-4-3-5-35-39-34(26-54-35)44-40(49)45-39/h8,27,29-35,39H,3-7,9-26H2,1-2H3,(H,42,46)(H,43,47)(H2,44,45,49)/t27?,29-,30+,31?,32?,33?,34-,35-,39-,41-/m0/s1. The second-order valence-corrected chi connectivity index (χ2v) is 18.1. The van der Waals surface area contributed by atoms with Crippen LogP contribution in [-0.2, 0) is 33.3 Å². The third kappa shape index (κ3) is 10.9. The lowest BCUT2D eigenvalue weighted by atomic mass is 9.50. The van der Waals surface area contributed by atoms with Crippen LogP contribution < -0.4 is 21.3 Å². The summed E-state index contributed by atoms with van der Waals surface area (Å²) in [4.78, 5) is 48.5. The van der Waals surface area contributed by atoms with Gasteiger partial charge in [0.25, 0.3) is 0 Å². The number of urea groups is 1. The first-order valence-electron chi connectivity index (χ1n) is 21.1. The van der Waals surface area contributed by atoms with Crippen LogP contribution in [0.15, 0.2) is 11.6 Å². The van der Waals surface area contributed by atoms with E-state index >= 15 is 0 Å². The minimum absolute atomic E-state index is 0.0329. The number of esters is 1. The van der Waals surface area contributed by atoms with Gasteiger partial charge in [-0.3, -0.25) is 14.4 Å². The van der Waals surface area contributed by atoms with Crippen LogP contribution >= 0.6 is 11.8 Å². The number of amides is 4. The summed E-state index contributed by atoms with van der Waals surface area (Å²) in [6.45, 7) is 8.27. The topological polar surface area (TPSA) is 153 Å². The Morgan fingerprint density at radius 2 is 1.54 bits per heavy atom. The van der Waals surface area contributed by atoms with Crippen molar-refractivity contribution in [1.82, 2.24) is 21.3 Å². The largest absolute Gasteiger partial charge is 0.462 e. The molecule has 4 unspecified atom stereocenters. The first-order valence-corrected chi connectivity index (χ1v) is 22.1. The van der Waals surface area contributed by atoms with Gasteiger partial charge in [-0.1, -0.05) is 38.3 Å². The Labute approximate surface area is 326 Å². The van der Waals surface area contributed by atoms with E-state index in [1.165, 1.54) is 37.7 Å². The van der Waals surface area contributed by atoms with E-state index in [2.05, 4.69) is 41.2 Å². The fraction of sp³-hybridized carbons (Fsp3) is 0.854. The van der Waals surface area contributed by atoms with Gasteiger partial charge < -0.3 is 40.2 Å². The number of hydrogen-bond acceptors (Lipinski definition) is 9. The van der Waals surface area contributed by atoms with Crippen molar-refractivity contribution in [2.75, 3.05) is 58.5 Å². The molecule has 4 amide bonds. The maximum Gasteiger partial charge on any atom is 0.315 e. The third-order valence-corrected chi connectivity index (χ3v) is 15.1. The van der Waals surface area contributed by atoms with Crippen LogP contribution in [0, 0.1) is 35.0 Å². The lowest BCUT2D eigenvalue weighted by Crippen LogP contribution is -2.47. The minimum Gasteiger partial charge on any atom is -0.462 e. The van der Waals surface area contributed by atoms with Crippen molar-refractivity contribution in [2.45, 2.75) is 127 Å². The van der Waals surface area contributed by atoms with Gasteiger partial charge in [-0.25, -0.2) is 4.79 Å². The summed E-state index contributed by atoms with van der Waals surface area (Å²) in [5, 5.41) is 12.1. The van der Waals surface area contributed by atoms with Gasteiger partial charge in [-0.05, 0) is 86.4 Å². The second kappa shape index (κ2) is 20.2. The van der Waals surface area contributed by atoms with E-state index in [0.29, 0.717) is 64.4 Å². The molecule has 2 aliphatic heterocycles. The van der Waals surface area contributed by atoms with E-state index in [1.54, 1.807) is 0 Å². The van der Waals surface area contributed by atoms with Gasteiger partial charge in [0.1, 0.15) is 6.10 Å². The lowest BCUT2D eigenvalue weighted by molar-refractivity contribution is -0.152. The molecule has 10 atom stereocenters. The summed E-state index contributed by atoms with van der Waals surface area (Å²) < 4.78 is 22.5. The van der Waals surface area contributed by atoms with E-state index in [1.807, 2.05) is 11.8 Å². The molecule has 3 saturated carbocycles. The minimum atomic E-state index is -0.283. The van der Waals surface area contributed by atoms with Crippen molar-refractivity contribution in [1.29, 1.82) is 0 Å². The van der Waals surface area contributed by atoms with Crippen LogP contribution in [-0.4, -0.2) is 106 Å². The highest BCUT2D eigenvalue weighted by molar-refractivity contribution is 8.00. The van der Waals surface area contributed by atoms with Crippen LogP contribution in [0.5, 0.6) is 0 Å². The van der Waals surface area contributed by atoms with Crippen molar-refractivity contribution < 1.29 is 38.1 Å². The summed E-state index contributed by atoms with van der Waals surface area (Å²) >= 11 is 1.90. The fourth-order valence-corrected chi connectivity index (χ4v) is 12.2. The Bertz CT molecular complexity index is 1320. The molecule has 13 heteroatoms. The van der Waals surface area contributed by atoms with Crippen molar-refractivity contribution >= 4 is 35.6 Å². The average Bonchev–Trinajstić information content (AvgIpc) is 3.85. The molecule has 4 aliphatic carbocycles. The van der Waals surface area contributed by atoms with E-state index < -0.39 is 0 Å². The maximum absolute atomic E-state index is 12.7. The molecular weight excluding hydrogens is 709 g/mol. The van der Waals surface area contributed by atoms with Gasteiger partial charge in [0.05, 0.1) is 58.1 Å². The van der Waals surface area contributed by atoms with Gasteiger partial charge >= 0.3 is 12.0 Å². The number of allylic oxidation sites excluding steroid dienone is 1. The zero-order valence-corrected chi connectivity index (χ0v) is 33.5. The molecule has 12 nitrogen and oxygen atoms in total. The van der Waals surface area contributed by atoms with Crippen molar-refractivity contribution in [3.63, 3.8) is 0 Å². The van der Waals surface area contributed by atoms with Gasteiger partial charge in [0.2, 0.25) is 11.8 Å². The molecule has 0 aromatic heterocycles. The van der Waals surface area contributed by atoms with Crippen LogP contribution in [0.25, 0.3) is 0 Å². The summed E-state index contributed by atoms with van der Waals surface area (Å²) in [6.07, 6.45) is 15.6. The molecule has 0 aromatic rings. The molecule has 54 heavy (non-hydrogen) atoms. The van der Waals surface area contributed by atoms with Gasteiger partial charge in [-0.15, -0.1) is 0 Å². The van der Waals surface area contributed by atoms with E-state index in [9.17, 15) is 19.2 Å². The zero-order chi connectivity index (χ0) is 37.9. The predicted molar refractivity (Wildman–Crippen MR) is 208 cm³/mol. The Balaban J connectivity index is 0.701. The third-order valence-electron chi connectivity index (χ3n) is 13.6. The SMILES string of the molecule is CC1CCC2C3CC=C4C[C@@H](OC(=O)CCC(=O)NCCOCCOCCOCCNC(=O)CCCC[C@@H]5SC[C@@H]6NC(=O)N[C@@H]65)CC[C@]4(C)C3CC[C@H]12. The molecule has 0 radical (unpaired) electrons. The molecule has 5 fully saturated rings. The molecule has 0 aromatic carbocycles. The number of hydrogen-bond donors (Lipinski definition) is 4.